The van der Waals surface area contributed by atoms with Crippen molar-refractivity contribution < 1.29 is 0 Å². The standard InChI is InChI=1S/C46H33N3S/c1-45(2)33-16-8-5-12-28(33)29-22-20-27(24-36(29)45)43-47-37-18-9-6-13-30(37)41(48-43)26-21-23-34-38(25-26)49-42-32(15-11-17-35(42)46(34,3)4)40-31-14-7-10-19-39(31)50-44(40)49/h5-25H,1-4H3. The molecule has 6 aromatic carbocycles. The minimum Gasteiger partial charge on any atom is -0.300 e. The Morgan fingerprint density at radius 2 is 1.24 bits per heavy atom. The first kappa shape index (κ1) is 28.3. The fourth-order valence-corrected chi connectivity index (χ4v) is 10.3. The second kappa shape index (κ2) is 9.56. The van der Waals surface area contributed by atoms with E-state index in [-0.39, 0.29) is 10.8 Å². The molecule has 0 N–H and O–H groups in total. The Morgan fingerprint density at radius 1 is 0.540 bits per heavy atom. The molecule has 0 saturated carbocycles. The van der Waals surface area contributed by atoms with Gasteiger partial charge < -0.3 is 4.57 Å². The zero-order chi connectivity index (χ0) is 33.5. The van der Waals surface area contributed by atoms with Crippen LogP contribution in [0.5, 0.6) is 0 Å². The monoisotopic (exact) mass is 659 g/mol. The van der Waals surface area contributed by atoms with Gasteiger partial charge in [0.2, 0.25) is 0 Å². The zero-order valence-electron chi connectivity index (χ0n) is 28.4. The van der Waals surface area contributed by atoms with Crippen LogP contribution in [0.4, 0.5) is 0 Å². The molecule has 4 heterocycles. The molecular weight excluding hydrogens is 627 g/mol. The van der Waals surface area contributed by atoms with Gasteiger partial charge in [0.15, 0.2) is 5.82 Å². The molecule has 0 atom stereocenters. The second-order valence-electron chi connectivity index (χ2n) is 15.0. The van der Waals surface area contributed by atoms with Crippen molar-refractivity contribution >= 4 is 53.4 Å². The van der Waals surface area contributed by atoms with E-state index in [4.69, 9.17) is 9.97 Å². The Labute approximate surface area is 294 Å². The van der Waals surface area contributed by atoms with Crippen LogP contribution in [0.2, 0.25) is 0 Å². The molecular formula is C46H33N3S. The van der Waals surface area contributed by atoms with Crippen molar-refractivity contribution in [2.75, 3.05) is 0 Å². The van der Waals surface area contributed by atoms with Crippen LogP contribution in [0.25, 0.3) is 81.6 Å². The first-order valence-corrected chi connectivity index (χ1v) is 18.2. The smallest absolute Gasteiger partial charge is 0.160 e. The summed E-state index contributed by atoms with van der Waals surface area (Å²) in [7, 11) is 0. The lowest BCUT2D eigenvalue weighted by Crippen LogP contribution is -2.26. The molecule has 0 saturated heterocycles. The third-order valence-electron chi connectivity index (χ3n) is 11.6. The highest BCUT2D eigenvalue weighted by molar-refractivity contribution is 7.25. The number of hydrogen-bond donors (Lipinski definition) is 0. The molecule has 2 aliphatic rings. The van der Waals surface area contributed by atoms with Gasteiger partial charge in [-0.25, -0.2) is 9.97 Å². The van der Waals surface area contributed by atoms with Crippen molar-refractivity contribution in [2.45, 2.75) is 38.5 Å². The topological polar surface area (TPSA) is 30.7 Å². The van der Waals surface area contributed by atoms with Gasteiger partial charge >= 0.3 is 0 Å². The van der Waals surface area contributed by atoms with Gasteiger partial charge in [0.1, 0.15) is 4.83 Å². The highest BCUT2D eigenvalue weighted by atomic mass is 32.1. The summed E-state index contributed by atoms with van der Waals surface area (Å²) in [5, 5.41) is 5.08. The van der Waals surface area contributed by atoms with Crippen LogP contribution < -0.4 is 0 Å². The van der Waals surface area contributed by atoms with Gasteiger partial charge in [-0.15, -0.1) is 11.3 Å². The minimum atomic E-state index is -0.159. The highest BCUT2D eigenvalue weighted by Gasteiger charge is 2.37. The minimum absolute atomic E-state index is 0.0940. The summed E-state index contributed by atoms with van der Waals surface area (Å²) < 4.78 is 3.86. The Kier molecular flexibility index (Phi) is 5.40. The van der Waals surface area contributed by atoms with Crippen molar-refractivity contribution in [3.8, 4) is 39.5 Å². The van der Waals surface area contributed by atoms with Crippen molar-refractivity contribution in [3.63, 3.8) is 0 Å². The second-order valence-corrected chi connectivity index (χ2v) is 16.0. The summed E-state index contributed by atoms with van der Waals surface area (Å²) in [6, 6.07) is 46.7. The quantitative estimate of drug-likeness (QED) is 0.185. The van der Waals surface area contributed by atoms with E-state index in [2.05, 4.69) is 160 Å². The molecule has 3 aromatic heterocycles. The molecule has 3 nitrogen and oxygen atoms in total. The summed E-state index contributed by atoms with van der Waals surface area (Å²) in [6.07, 6.45) is 0. The van der Waals surface area contributed by atoms with Gasteiger partial charge in [-0.1, -0.05) is 131 Å². The van der Waals surface area contributed by atoms with Crippen molar-refractivity contribution in [3.05, 3.63) is 150 Å². The van der Waals surface area contributed by atoms with Crippen LogP contribution in [-0.4, -0.2) is 14.5 Å². The number of benzene rings is 6. The molecule has 1 aliphatic heterocycles. The van der Waals surface area contributed by atoms with E-state index >= 15 is 0 Å². The lowest BCUT2D eigenvalue weighted by Gasteiger charge is -2.34. The van der Waals surface area contributed by atoms with Crippen LogP contribution in [0, 0.1) is 0 Å². The summed E-state index contributed by atoms with van der Waals surface area (Å²) in [5.74, 6) is 0.756. The Hall–Kier alpha value is -5.58. The molecule has 238 valence electrons. The maximum Gasteiger partial charge on any atom is 0.160 e. The number of hydrogen-bond acceptors (Lipinski definition) is 3. The van der Waals surface area contributed by atoms with E-state index in [0.717, 1.165) is 33.5 Å². The largest absolute Gasteiger partial charge is 0.300 e. The molecule has 9 aromatic rings. The van der Waals surface area contributed by atoms with Crippen LogP contribution in [0.15, 0.2) is 127 Å². The number of rotatable bonds is 2. The van der Waals surface area contributed by atoms with Crippen molar-refractivity contribution in [1.82, 2.24) is 14.5 Å². The number of fused-ring (bicyclic) bond motifs is 11. The summed E-state index contributed by atoms with van der Waals surface area (Å²) >= 11 is 1.89. The molecule has 50 heavy (non-hydrogen) atoms. The van der Waals surface area contributed by atoms with E-state index < -0.39 is 0 Å². The maximum atomic E-state index is 5.41. The Balaban J connectivity index is 1.15. The predicted octanol–water partition coefficient (Wildman–Crippen LogP) is 12.2. The molecule has 0 bridgehead atoms. The first-order chi connectivity index (χ1) is 24.3. The molecule has 4 heteroatoms. The molecule has 0 radical (unpaired) electrons. The molecule has 1 aliphatic carbocycles. The average Bonchev–Trinajstić information content (AvgIpc) is 3.75. The number of thiophene rings is 1. The van der Waals surface area contributed by atoms with Crippen molar-refractivity contribution in [1.29, 1.82) is 0 Å². The maximum absolute atomic E-state index is 5.41. The van der Waals surface area contributed by atoms with E-state index in [1.54, 1.807) is 0 Å². The van der Waals surface area contributed by atoms with Gasteiger partial charge in [0.25, 0.3) is 0 Å². The van der Waals surface area contributed by atoms with Gasteiger partial charge in [-0.3, -0.25) is 0 Å². The Bertz CT molecular complexity index is 2940. The molecule has 0 spiro atoms. The van der Waals surface area contributed by atoms with Crippen molar-refractivity contribution in [2.24, 2.45) is 0 Å². The Morgan fingerprint density at radius 3 is 2.14 bits per heavy atom. The van der Waals surface area contributed by atoms with Gasteiger partial charge in [-0.2, -0.15) is 0 Å². The number of aromatic nitrogens is 3. The van der Waals surface area contributed by atoms with E-state index in [0.29, 0.717) is 0 Å². The lowest BCUT2D eigenvalue weighted by atomic mass is 9.74. The third-order valence-corrected chi connectivity index (χ3v) is 12.8. The van der Waals surface area contributed by atoms with Gasteiger partial charge in [0, 0.05) is 48.2 Å². The predicted molar refractivity (Wildman–Crippen MR) is 210 cm³/mol. The van der Waals surface area contributed by atoms with Crippen LogP contribution in [0.3, 0.4) is 0 Å². The fourth-order valence-electron chi connectivity index (χ4n) is 9.08. The number of nitrogens with zero attached hydrogens (tertiary/aromatic N) is 3. The third kappa shape index (κ3) is 3.54. The van der Waals surface area contributed by atoms with Crippen LogP contribution in [0.1, 0.15) is 49.9 Å². The van der Waals surface area contributed by atoms with Gasteiger partial charge in [0.05, 0.1) is 22.4 Å². The van der Waals surface area contributed by atoms with E-state index in [9.17, 15) is 0 Å². The summed E-state index contributed by atoms with van der Waals surface area (Å²) in [5.41, 5.74) is 14.4. The SMILES string of the molecule is CC1(C)c2ccccc2-c2ccc(-c3nc(-c4ccc5c(c4)-n4c6sc7ccccc7c6c6cccc(c64)C5(C)C)c4ccccc4n3)cc21. The number of para-hydroxylation sites is 2. The highest BCUT2D eigenvalue weighted by Crippen LogP contribution is 2.52. The van der Waals surface area contributed by atoms with E-state index in [1.165, 1.54) is 70.3 Å². The lowest BCUT2D eigenvalue weighted by molar-refractivity contribution is 0.630. The van der Waals surface area contributed by atoms with Gasteiger partial charge in [-0.05, 0) is 57.6 Å². The molecule has 0 amide bonds. The summed E-state index contributed by atoms with van der Waals surface area (Å²) in [4.78, 5) is 11.9. The average molecular weight is 660 g/mol. The molecule has 11 rings (SSSR count). The van der Waals surface area contributed by atoms with E-state index in [1.807, 2.05) is 11.3 Å². The zero-order valence-corrected chi connectivity index (χ0v) is 29.2. The summed E-state index contributed by atoms with van der Waals surface area (Å²) in [6.45, 7) is 9.39. The van der Waals surface area contributed by atoms with Crippen LogP contribution in [-0.2, 0) is 10.8 Å². The molecule has 0 fully saturated rings. The normalized spacial score (nSPS) is 15.1. The molecule has 0 unspecified atom stereocenters. The van der Waals surface area contributed by atoms with Crippen LogP contribution >= 0.6 is 11.3 Å². The fraction of sp³-hybridized carbons (Fsp3) is 0.130. The first-order valence-electron chi connectivity index (χ1n) is 17.4.